The predicted molar refractivity (Wildman–Crippen MR) is 110 cm³/mol. The Balaban J connectivity index is 1.68. The van der Waals surface area contributed by atoms with Crippen molar-refractivity contribution in [2.75, 3.05) is 5.32 Å². The number of carbonyl (C=O) groups is 2. The third-order valence-corrected chi connectivity index (χ3v) is 4.84. The predicted octanol–water partition coefficient (Wildman–Crippen LogP) is 4.81. The fourth-order valence-electron chi connectivity index (χ4n) is 2.29. The molecular formula is C20H16ClN3O2S. The van der Waals surface area contributed by atoms with Gasteiger partial charge in [-0.15, -0.1) is 11.3 Å². The summed E-state index contributed by atoms with van der Waals surface area (Å²) in [6.07, 6.45) is 0. The maximum Gasteiger partial charge on any atom is 0.271 e. The first kappa shape index (κ1) is 18.8. The number of hydrogen-bond acceptors (Lipinski definition) is 4. The standard InChI is InChI=1S/C20H16ClN3O2S/c1-13(23-24-19(25)14-7-9-16(21)10-8-14)15-4-2-5-17(12-15)22-20(26)18-6-3-11-27-18/h2-12H,1H3,(H,22,26)(H,24,25). The van der Waals surface area contributed by atoms with Crippen LogP contribution >= 0.6 is 22.9 Å². The van der Waals surface area contributed by atoms with E-state index in [0.29, 0.717) is 26.9 Å². The zero-order valence-electron chi connectivity index (χ0n) is 14.4. The third-order valence-electron chi connectivity index (χ3n) is 3.71. The SMILES string of the molecule is CC(=NNC(=O)c1ccc(Cl)cc1)c1cccc(NC(=O)c2cccs2)c1. The van der Waals surface area contributed by atoms with Gasteiger partial charge in [0.25, 0.3) is 11.8 Å². The van der Waals surface area contributed by atoms with Gasteiger partial charge in [0.1, 0.15) is 0 Å². The van der Waals surface area contributed by atoms with Gasteiger partial charge in [-0.1, -0.05) is 29.8 Å². The van der Waals surface area contributed by atoms with Crippen LogP contribution in [0.5, 0.6) is 0 Å². The molecule has 0 spiro atoms. The van der Waals surface area contributed by atoms with Gasteiger partial charge in [0.2, 0.25) is 0 Å². The average Bonchev–Trinajstić information content (AvgIpc) is 3.21. The lowest BCUT2D eigenvalue weighted by Gasteiger charge is -2.07. The summed E-state index contributed by atoms with van der Waals surface area (Å²) in [5, 5.41) is 9.40. The van der Waals surface area contributed by atoms with Crippen LogP contribution in [0.25, 0.3) is 0 Å². The number of halogens is 1. The first-order chi connectivity index (χ1) is 13.0. The maximum absolute atomic E-state index is 12.2. The summed E-state index contributed by atoms with van der Waals surface area (Å²) in [6, 6.07) is 17.4. The molecule has 0 saturated carbocycles. The Morgan fingerprint density at radius 3 is 2.44 bits per heavy atom. The topological polar surface area (TPSA) is 70.6 Å². The molecule has 2 N–H and O–H groups in total. The summed E-state index contributed by atoms with van der Waals surface area (Å²) in [5.41, 5.74) is 5.04. The smallest absolute Gasteiger partial charge is 0.271 e. The van der Waals surface area contributed by atoms with E-state index >= 15 is 0 Å². The molecule has 0 saturated heterocycles. The van der Waals surface area contributed by atoms with Crippen LogP contribution in [0, 0.1) is 0 Å². The molecule has 0 bridgehead atoms. The second kappa shape index (κ2) is 8.62. The minimum atomic E-state index is -0.326. The van der Waals surface area contributed by atoms with Crippen molar-refractivity contribution >= 4 is 46.2 Å². The van der Waals surface area contributed by atoms with Gasteiger partial charge in [-0.3, -0.25) is 9.59 Å². The van der Waals surface area contributed by atoms with E-state index in [9.17, 15) is 9.59 Å². The maximum atomic E-state index is 12.2. The summed E-state index contributed by atoms with van der Waals surface area (Å²) < 4.78 is 0. The van der Waals surface area contributed by atoms with Crippen molar-refractivity contribution in [1.82, 2.24) is 5.43 Å². The molecule has 136 valence electrons. The van der Waals surface area contributed by atoms with Crippen molar-refractivity contribution in [3.63, 3.8) is 0 Å². The molecule has 1 aromatic heterocycles. The summed E-state index contributed by atoms with van der Waals surface area (Å²) in [6.45, 7) is 1.78. The molecule has 0 radical (unpaired) electrons. The number of rotatable bonds is 5. The Kier molecular flexibility index (Phi) is 6.01. The van der Waals surface area contributed by atoms with E-state index < -0.39 is 0 Å². The molecular weight excluding hydrogens is 382 g/mol. The Morgan fingerprint density at radius 2 is 1.74 bits per heavy atom. The van der Waals surface area contributed by atoms with Gasteiger partial charge in [0.05, 0.1) is 10.6 Å². The molecule has 3 rings (SSSR count). The number of anilines is 1. The van der Waals surface area contributed by atoms with Crippen LogP contribution in [0.3, 0.4) is 0 Å². The van der Waals surface area contributed by atoms with Crippen LogP contribution in [-0.2, 0) is 0 Å². The second-order valence-corrected chi connectivity index (χ2v) is 7.04. The van der Waals surface area contributed by atoms with Crippen LogP contribution in [0.2, 0.25) is 5.02 Å². The van der Waals surface area contributed by atoms with Gasteiger partial charge in [0, 0.05) is 16.3 Å². The van der Waals surface area contributed by atoms with Crippen LogP contribution in [0.1, 0.15) is 32.5 Å². The lowest BCUT2D eigenvalue weighted by Crippen LogP contribution is -2.19. The highest BCUT2D eigenvalue weighted by Crippen LogP contribution is 2.15. The lowest BCUT2D eigenvalue weighted by molar-refractivity contribution is 0.0954. The number of benzene rings is 2. The molecule has 0 aliphatic rings. The molecule has 0 atom stereocenters. The molecule has 1 heterocycles. The van der Waals surface area contributed by atoms with E-state index in [2.05, 4.69) is 15.8 Å². The minimum absolute atomic E-state index is 0.159. The molecule has 2 aromatic carbocycles. The first-order valence-electron chi connectivity index (χ1n) is 8.08. The van der Waals surface area contributed by atoms with E-state index in [1.807, 2.05) is 23.6 Å². The van der Waals surface area contributed by atoms with E-state index in [-0.39, 0.29) is 11.8 Å². The minimum Gasteiger partial charge on any atom is -0.321 e. The highest BCUT2D eigenvalue weighted by molar-refractivity contribution is 7.12. The Bertz CT molecular complexity index is 983. The monoisotopic (exact) mass is 397 g/mol. The van der Waals surface area contributed by atoms with Crippen LogP contribution in [-0.4, -0.2) is 17.5 Å². The van der Waals surface area contributed by atoms with Crippen molar-refractivity contribution in [3.8, 4) is 0 Å². The molecule has 3 aromatic rings. The molecule has 0 aliphatic heterocycles. The molecule has 27 heavy (non-hydrogen) atoms. The number of thiophene rings is 1. The lowest BCUT2D eigenvalue weighted by atomic mass is 10.1. The highest BCUT2D eigenvalue weighted by atomic mass is 35.5. The van der Waals surface area contributed by atoms with Crippen molar-refractivity contribution in [1.29, 1.82) is 0 Å². The third kappa shape index (κ3) is 5.03. The normalized spacial score (nSPS) is 11.1. The Morgan fingerprint density at radius 1 is 0.963 bits per heavy atom. The van der Waals surface area contributed by atoms with E-state index in [1.54, 1.807) is 49.4 Å². The molecule has 0 aliphatic carbocycles. The van der Waals surface area contributed by atoms with Crippen molar-refractivity contribution in [2.24, 2.45) is 5.10 Å². The van der Waals surface area contributed by atoms with Crippen molar-refractivity contribution in [2.45, 2.75) is 6.92 Å². The Hall–Kier alpha value is -2.96. The fourth-order valence-corrected chi connectivity index (χ4v) is 3.03. The number of nitrogens with zero attached hydrogens (tertiary/aromatic N) is 1. The molecule has 0 unspecified atom stereocenters. The van der Waals surface area contributed by atoms with Gasteiger partial charge in [0.15, 0.2) is 0 Å². The molecule has 2 amide bonds. The van der Waals surface area contributed by atoms with E-state index in [4.69, 9.17) is 11.6 Å². The quantitative estimate of drug-likeness (QED) is 0.479. The zero-order valence-corrected chi connectivity index (χ0v) is 16.0. The van der Waals surface area contributed by atoms with Gasteiger partial charge < -0.3 is 5.32 Å². The molecule has 5 nitrogen and oxygen atoms in total. The number of hydrogen-bond donors (Lipinski definition) is 2. The number of amides is 2. The van der Waals surface area contributed by atoms with Gasteiger partial charge in [-0.05, 0) is 60.3 Å². The molecule has 0 fully saturated rings. The molecule has 7 heteroatoms. The first-order valence-corrected chi connectivity index (χ1v) is 9.34. The fraction of sp³-hybridized carbons (Fsp3) is 0.0500. The summed E-state index contributed by atoms with van der Waals surface area (Å²) in [7, 11) is 0. The highest BCUT2D eigenvalue weighted by Gasteiger charge is 2.08. The van der Waals surface area contributed by atoms with E-state index in [1.165, 1.54) is 11.3 Å². The van der Waals surface area contributed by atoms with Gasteiger partial charge in [-0.2, -0.15) is 5.10 Å². The Labute approximate surface area is 165 Å². The summed E-state index contributed by atoms with van der Waals surface area (Å²) in [5.74, 6) is -0.485. The van der Waals surface area contributed by atoms with E-state index in [0.717, 1.165) is 5.56 Å². The number of nitrogens with one attached hydrogen (secondary N) is 2. The largest absolute Gasteiger partial charge is 0.321 e. The summed E-state index contributed by atoms with van der Waals surface area (Å²) in [4.78, 5) is 24.9. The van der Waals surface area contributed by atoms with Crippen LogP contribution < -0.4 is 10.7 Å². The van der Waals surface area contributed by atoms with Gasteiger partial charge >= 0.3 is 0 Å². The average molecular weight is 398 g/mol. The van der Waals surface area contributed by atoms with Crippen molar-refractivity contribution in [3.05, 3.63) is 87.1 Å². The number of hydrazone groups is 1. The van der Waals surface area contributed by atoms with Crippen molar-refractivity contribution < 1.29 is 9.59 Å². The summed E-state index contributed by atoms with van der Waals surface area (Å²) >= 11 is 7.20. The second-order valence-electron chi connectivity index (χ2n) is 5.66. The van der Waals surface area contributed by atoms with Gasteiger partial charge in [-0.25, -0.2) is 5.43 Å². The van der Waals surface area contributed by atoms with Crippen LogP contribution in [0.15, 0.2) is 71.1 Å². The van der Waals surface area contributed by atoms with Crippen LogP contribution in [0.4, 0.5) is 5.69 Å². The number of carbonyl (C=O) groups excluding carboxylic acids is 2. The zero-order chi connectivity index (χ0) is 19.2.